The summed E-state index contributed by atoms with van der Waals surface area (Å²) in [7, 11) is 0. The van der Waals surface area contributed by atoms with Crippen LogP contribution in [0.2, 0.25) is 0 Å². The van der Waals surface area contributed by atoms with Crippen molar-refractivity contribution < 1.29 is 5.11 Å². The lowest BCUT2D eigenvalue weighted by Crippen LogP contribution is -2.31. The van der Waals surface area contributed by atoms with Crippen LogP contribution in [0.5, 0.6) is 0 Å². The molecule has 2 nitrogen and oxygen atoms in total. The van der Waals surface area contributed by atoms with Gasteiger partial charge < -0.3 is 5.11 Å². The minimum Gasteiger partial charge on any atom is -0.374 e. The monoisotopic (exact) mass is 325 g/mol. The molecular formula is C16H24BrNO. The van der Waals surface area contributed by atoms with Gasteiger partial charge in [-0.25, -0.2) is 0 Å². The molecule has 0 spiro atoms. The van der Waals surface area contributed by atoms with E-state index in [2.05, 4.69) is 60.2 Å². The molecule has 1 aliphatic carbocycles. The van der Waals surface area contributed by atoms with Gasteiger partial charge in [0.05, 0.1) is 0 Å². The van der Waals surface area contributed by atoms with E-state index >= 15 is 0 Å². The molecule has 3 heteroatoms. The zero-order chi connectivity index (χ0) is 14.3. The average Bonchev–Trinajstić information content (AvgIpc) is 2.38. The van der Waals surface area contributed by atoms with Gasteiger partial charge in [-0.15, -0.1) is 0 Å². The second-order valence-electron chi connectivity index (χ2n) is 4.94. The first-order valence-electron chi connectivity index (χ1n) is 6.86. The molecule has 0 aliphatic heterocycles. The van der Waals surface area contributed by atoms with Crippen LogP contribution in [0.25, 0.3) is 0 Å². The first-order chi connectivity index (χ1) is 9.04. The molecule has 0 aromatic rings. The highest BCUT2D eigenvalue weighted by Crippen LogP contribution is 2.23. The van der Waals surface area contributed by atoms with E-state index in [1.807, 2.05) is 12.2 Å². The standard InChI is InChI=1S/C16H24BrNO/c1-4-6-15(17)7-5-10-18-16(19)14-9-8-12(2)13(3)11-14/h5-7,9,11-12,16,18-19H,4,8,10H2,1-3H3/b7-5-,15-6+. The van der Waals surface area contributed by atoms with E-state index in [1.165, 1.54) is 5.57 Å². The van der Waals surface area contributed by atoms with Crippen molar-refractivity contribution in [2.75, 3.05) is 6.54 Å². The van der Waals surface area contributed by atoms with Gasteiger partial charge in [-0.3, -0.25) is 5.32 Å². The molecular weight excluding hydrogens is 302 g/mol. The molecule has 0 amide bonds. The van der Waals surface area contributed by atoms with Gasteiger partial charge in [0.2, 0.25) is 0 Å². The van der Waals surface area contributed by atoms with Crippen LogP contribution >= 0.6 is 15.9 Å². The number of aliphatic hydroxyl groups is 1. The van der Waals surface area contributed by atoms with Crippen LogP contribution < -0.4 is 5.32 Å². The lowest BCUT2D eigenvalue weighted by atomic mass is 9.90. The van der Waals surface area contributed by atoms with E-state index in [1.54, 1.807) is 0 Å². The number of allylic oxidation sites excluding steroid dienone is 5. The number of nitrogens with one attached hydrogen (secondary N) is 1. The summed E-state index contributed by atoms with van der Waals surface area (Å²) in [5.74, 6) is 0.589. The van der Waals surface area contributed by atoms with E-state index in [-0.39, 0.29) is 0 Å². The predicted molar refractivity (Wildman–Crippen MR) is 86.1 cm³/mol. The third kappa shape index (κ3) is 5.89. The topological polar surface area (TPSA) is 32.3 Å². The van der Waals surface area contributed by atoms with Gasteiger partial charge >= 0.3 is 0 Å². The summed E-state index contributed by atoms with van der Waals surface area (Å²) in [5.41, 5.74) is 2.31. The first kappa shape index (κ1) is 16.4. The predicted octanol–water partition coefficient (Wildman–Crippen LogP) is 4.05. The van der Waals surface area contributed by atoms with Crippen LogP contribution in [0, 0.1) is 5.92 Å². The average molecular weight is 326 g/mol. The Morgan fingerprint density at radius 1 is 1.63 bits per heavy atom. The summed E-state index contributed by atoms with van der Waals surface area (Å²) in [5, 5.41) is 13.2. The van der Waals surface area contributed by atoms with Crippen LogP contribution in [-0.2, 0) is 0 Å². The molecule has 0 aromatic heterocycles. The van der Waals surface area contributed by atoms with Crippen LogP contribution in [0.4, 0.5) is 0 Å². The summed E-state index contributed by atoms with van der Waals surface area (Å²) in [6.07, 6.45) is 11.7. The van der Waals surface area contributed by atoms with Crippen LogP contribution in [0.1, 0.15) is 33.6 Å². The summed E-state index contributed by atoms with van der Waals surface area (Å²) in [4.78, 5) is 0. The smallest absolute Gasteiger partial charge is 0.131 e. The van der Waals surface area contributed by atoms with E-state index in [0.717, 1.165) is 22.9 Å². The second kappa shape index (κ2) is 8.51. The number of aliphatic hydroxyl groups excluding tert-OH is 1. The molecule has 0 heterocycles. The highest BCUT2D eigenvalue weighted by Gasteiger charge is 2.14. The molecule has 0 radical (unpaired) electrons. The fraction of sp³-hybridized carbons (Fsp3) is 0.500. The number of hydrogen-bond acceptors (Lipinski definition) is 2. The first-order valence-corrected chi connectivity index (χ1v) is 7.65. The summed E-state index contributed by atoms with van der Waals surface area (Å²) in [6, 6.07) is 0. The fourth-order valence-corrected chi connectivity index (χ4v) is 2.40. The van der Waals surface area contributed by atoms with Crippen molar-refractivity contribution in [1.29, 1.82) is 0 Å². The van der Waals surface area contributed by atoms with E-state index in [9.17, 15) is 5.11 Å². The maximum Gasteiger partial charge on any atom is 0.131 e. The lowest BCUT2D eigenvalue weighted by molar-refractivity contribution is 0.180. The van der Waals surface area contributed by atoms with Gasteiger partial charge in [0.15, 0.2) is 0 Å². The van der Waals surface area contributed by atoms with Gasteiger partial charge in [-0.1, -0.05) is 65.7 Å². The Balaban J connectivity index is 2.41. The SMILES string of the molecule is CC/C=C(Br)\C=C/CNC(O)C1=CCC(C)C(C)=C1. The van der Waals surface area contributed by atoms with Gasteiger partial charge in [0, 0.05) is 11.0 Å². The van der Waals surface area contributed by atoms with Crippen LogP contribution in [0.3, 0.4) is 0 Å². The second-order valence-corrected chi connectivity index (χ2v) is 5.86. The summed E-state index contributed by atoms with van der Waals surface area (Å²) in [6.45, 7) is 7.08. The van der Waals surface area contributed by atoms with Crippen LogP contribution in [-0.4, -0.2) is 17.9 Å². The Morgan fingerprint density at radius 3 is 3.00 bits per heavy atom. The van der Waals surface area contributed by atoms with Crippen molar-refractivity contribution in [1.82, 2.24) is 5.32 Å². The zero-order valence-corrected chi connectivity index (χ0v) is 13.6. The number of rotatable bonds is 6. The quantitative estimate of drug-likeness (QED) is 0.570. The Morgan fingerprint density at radius 2 is 2.37 bits per heavy atom. The van der Waals surface area contributed by atoms with Crippen molar-refractivity contribution >= 4 is 15.9 Å². The van der Waals surface area contributed by atoms with Gasteiger partial charge in [-0.05, 0) is 31.3 Å². The normalized spacial score (nSPS) is 22.4. The van der Waals surface area contributed by atoms with Gasteiger partial charge in [-0.2, -0.15) is 0 Å². The van der Waals surface area contributed by atoms with E-state index < -0.39 is 6.23 Å². The Labute approximate surface area is 125 Å². The van der Waals surface area contributed by atoms with Gasteiger partial charge in [0.25, 0.3) is 0 Å². The number of hydrogen-bond donors (Lipinski definition) is 2. The molecule has 2 unspecified atom stereocenters. The molecule has 106 valence electrons. The molecule has 2 atom stereocenters. The lowest BCUT2D eigenvalue weighted by Gasteiger charge is -2.21. The minimum absolute atomic E-state index is 0.582. The third-order valence-corrected chi connectivity index (χ3v) is 3.89. The van der Waals surface area contributed by atoms with Crippen molar-refractivity contribution in [2.24, 2.45) is 5.92 Å². The molecule has 1 rings (SSSR count). The third-order valence-electron chi connectivity index (χ3n) is 3.30. The van der Waals surface area contributed by atoms with Crippen molar-refractivity contribution in [2.45, 2.75) is 39.8 Å². The van der Waals surface area contributed by atoms with Crippen molar-refractivity contribution in [3.05, 3.63) is 46.0 Å². The highest BCUT2D eigenvalue weighted by atomic mass is 79.9. The molecule has 0 saturated heterocycles. The maximum absolute atomic E-state index is 10.1. The Bertz CT molecular complexity index is 407. The number of halogens is 1. The summed E-state index contributed by atoms with van der Waals surface area (Å²) < 4.78 is 1.08. The summed E-state index contributed by atoms with van der Waals surface area (Å²) >= 11 is 3.46. The maximum atomic E-state index is 10.1. The highest BCUT2D eigenvalue weighted by molar-refractivity contribution is 9.11. The largest absolute Gasteiger partial charge is 0.374 e. The Hall–Kier alpha value is -0.640. The molecule has 19 heavy (non-hydrogen) atoms. The van der Waals surface area contributed by atoms with E-state index in [4.69, 9.17) is 0 Å². The molecule has 2 N–H and O–H groups in total. The molecule has 0 saturated carbocycles. The zero-order valence-electron chi connectivity index (χ0n) is 12.0. The Kier molecular flexibility index (Phi) is 7.36. The fourth-order valence-electron chi connectivity index (χ4n) is 1.89. The molecule has 0 bridgehead atoms. The van der Waals surface area contributed by atoms with Crippen LogP contribution in [0.15, 0.2) is 46.0 Å². The minimum atomic E-state index is -0.582. The van der Waals surface area contributed by atoms with Crippen molar-refractivity contribution in [3.63, 3.8) is 0 Å². The molecule has 0 aromatic carbocycles. The molecule has 1 aliphatic rings. The molecule has 0 fully saturated rings. The van der Waals surface area contributed by atoms with Crippen molar-refractivity contribution in [3.8, 4) is 0 Å². The van der Waals surface area contributed by atoms with E-state index in [0.29, 0.717) is 12.5 Å². The van der Waals surface area contributed by atoms with Gasteiger partial charge in [0.1, 0.15) is 6.23 Å².